The molecule has 0 aliphatic rings. The summed E-state index contributed by atoms with van der Waals surface area (Å²) in [6.07, 6.45) is -3.75. The normalized spacial score (nSPS) is 11.8. The Balaban J connectivity index is 3.02. The first kappa shape index (κ1) is 4.69. The van der Waals surface area contributed by atoms with Crippen molar-refractivity contribution in [2.75, 3.05) is 0 Å². The van der Waals surface area contributed by atoms with Crippen molar-refractivity contribution in [2.24, 2.45) is 0 Å². The molecule has 0 aromatic rings. The molecule has 0 bridgehead atoms. The van der Waals surface area contributed by atoms with E-state index < -0.39 is 6.11 Å². The Hall–Kier alpha value is -0.310. The topological polar surface area (TPSA) is 20.2 Å². The van der Waals surface area contributed by atoms with E-state index in [1.54, 1.807) is 0 Å². The van der Waals surface area contributed by atoms with Gasteiger partial charge in [0.1, 0.15) is 0 Å². The minimum Gasteiger partial charge on any atom is -0.296 e. The van der Waals surface area contributed by atoms with Crippen LogP contribution < -0.4 is 0 Å². The second-order valence-corrected chi connectivity index (χ2v) is 0.666. The van der Waals surface area contributed by atoms with Crippen LogP contribution >= 0.6 is 0 Å². The standard InChI is InChI=1S/C2H3F2O/c1-2(3,4)5/h5H,1H2/q+1. The molecule has 0 saturated carbocycles. The molecule has 1 nitrogen and oxygen atoms in total. The summed E-state index contributed by atoms with van der Waals surface area (Å²) >= 11 is 0. The van der Waals surface area contributed by atoms with Crippen LogP contribution in [0.1, 0.15) is 0 Å². The number of alkyl halides is 2. The Labute approximate surface area is 28.2 Å². The number of hydrogen-bond acceptors (Lipinski definition) is 1. The van der Waals surface area contributed by atoms with Crippen LogP contribution in [0.4, 0.5) is 8.78 Å². The fraction of sp³-hybridized carbons (Fsp3) is 0.500. The first-order chi connectivity index (χ1) is 2.00. The van der Waals surface area contributed by atoms with Gasteiger partial charge in [-0.05, 0) is 0 Å². The summed E-state index contributed by atoms with van der Waals surface area (Å²) in [4.78, 5) is 0. The highest BCUT2D eigenvalue weighted by atomic mass is 19.3. The Bertz CT molecular complexity index is 23.1. The number of halogens is 2. The van der Waals surface area contributed by atoms with Crippen LogP contribution in [0.3, 0.4) is 0 Å². The van der Waals surface area contributed by atoms with Crippen LogP contribution in [-0.2, 0) is 0 Å². The largest absolute Gasteiger partial charge is 0.507 e. The van der Waals surface area contributed by atoms with Gasteiger partial charge < -0.3 is 0 Å². The smallest absolute Gasteiger partial charge is 0.296 e. The van der Waals surface area contributed by atoms with E-state index >= 15 is 0 Å². The number of rotatable bonds is 0. The van der Waals surface area contributed by atoms with Crippen LogP contribution in [0.2, 0.25) is 0 Å². The zero-order valence-electron chi connectivity index (χ0n) is 2.41. The molecule has 0 aromatic heterocycles. The Kier molecular flexibility index (Phi) is 0.774. The van der Waals surface area contributed by atoms with Gasteiger partial charge in [0.15, 0.2) is 6.92 Å². The first-order valence-electron chi connectivity index (χ1n) is 0.955. The molecule has 30 valence electrons. The minimum atomic E-state index is -3.75. The van der Waals surface area contributed by atoms with Crippen molar-refractivity contribution in [3.8, 4) is 0 Å². The first-order valence-corrected chi connectivity index (χ1v) is 0.955. The van der Waals surface area contributed by atoms with E-state index in [-0.39, 0.29) is 0 Å². The van der Waals surface area contributed by atoms with E-state index in [1.807, 2.05) is 6.92 Å². The Morgan fingerprint density at radius 2 is 1.60 bits per heavy atom. The summed E-state index contributed by atoms with van der Waals surface area (Å²) in [5.41, 5.74) is 0. The van der Waals surface area contributed by atoms with Gasteiger partial charge >= 0.3 is 6.11 Å². The third-order valence-corrected chi connectivity index (χ3v) is 0. The molecule has 0 aliphatic heterocycles. The maximum atomic E-state index is 10.5. The minimum absolute atomic E-state index is 1.99. The lowest BCUT2D eigenvalue weighted by Crippen LogP contribution is -2.05. The third kappa shape index (κ3) is 110. The van der Waals surface area contributed by atoms with Gasteiger partial charge in [-0.2, -0.15) is 0 Å². The molecule has 0 spiro atoms. The fourth-order valence-electron chi connectivity index (χ4n) is 0. The third-order valence-electron chi connectivity index (χ3n) is 0. The van der Waals surface area contributed by atoms with Gasteiger partial charge in [0.2, 0.25) is 0 Å². The van der Waals surface area contributed by atoms with Crippen LogP contribution in [0.5, 0.6) is 0 Å². The summed E-state index contributed by atoms with van der Waals surface area (Å²) in [7, 11) is 0. The SMILES string of the molecule is [CH2+]C(O)(F)F. The van der Waals surface area contributed by atoms with Crippen molar-refractivity contribution in [1.29, 1.82) is 0 Å². The summed E-state index contributed by atoms with van der Waals surface area (Å²) in [6, 6.07) is 0. The molecule has 0 aromatic carbocycles. The van der Waals surface area contributed by atoms with Crippen LogP contribution in [-0.4, -0.2) is 11.2 Å². The Morgan fingerprint density at radius 1 is 1.60 bits per heavy atom. The fourth-order valence-corrected chi connectivity index (χ4v) is 0. The van der Waals surface area contributed by atoms with Gasteiger partial charge in [0.05, 0.1) is 0 Å². The number of hydrogen-bond donors (Lipinski definition) is 1. The van der Waals surface area contributed by atoms with Crippen molar-refractivity contribution in [3.63, 3.8) is 0 Å². The van der Waals surface area contributed by atoms with Gasteiger partial charge in [-0.3, -0.25) is 5.11 Å². The average molecular weight is 81.0 g/mol. The van der Waals surface area contributed by atoms with Crippen molar-refractivity contribution in [2.45, 2.75) is 6.11 Å². The quantitative estimate of drug-likeness (QED) is 0.418. The van der Waals surface area contributed by atoms with E-state index in [9.17, 15) is 8.78 Å². The van der Waals surface area contributed by atoms with Gasteiger partial charge in [-0.15, -0.1) is 8.78 Å². The lowest BCUT2D eigenvalue weighted by atomic mass is 10.8. The molecular weight excluding hydrogens is 78.0 g/mol. The van der Waals surface area contributed by atoms with Crippen molar-refractivity contribution >= 4 is 0 Å². The highest BCUT2D eigenvalue weighted by Gasteiger charge is 2.23. The summed E-state index contributed by atoms with van der Waals surface area (Å²) in [5.74, 6) is 0. The zero-order chi connectivity index (χ0) is 4.50. The predicted octanol–water partition coefficient (Wildman–Crippen LogP) is 0.406. The molecule has 1 N–H and O–H groups in total. The molecule has 0 aliphatic carbocycles. The van der Waals surface area contributed by atoms with Gasteiger partial charge in [0.25, 0.3) is 0 Å². The maximum Gasteiger partial charge on any atom is 0.507 e. The molecule has 0 radical (unpaired) electrons. The molecule has 0 fully saturated rings. The van der Waals surface area contributed by atoms with Gasteiger partial charge in [-0.25, -0.2) is 0 Å². The second-order valence-electron chi connectivity index (χ2n) is 0.666. The zero-order valence-corrected chi connectivity index (χ0v) is 2.41. The van der Waals surface area contributed by atoms with E-state index in [0.29, 0.717) is 0 Å². The van der Waals surface area contributed by atoms with Crippen LogP contribution in [0, 0.1) is 6.92 Å². The Morgan fingerprint density at radius 3 is 1.60 bits per heavy atom. The maximum absolute atomic E-state index is 10.5. The van der Waals surface area contributed by atoms with E-state index in [1.165, 1.54) is 0 Å². The lowest BCUT2D eigenvalue weighted by Gasteiger charge is -1.83. The molecule has 0 rings (SSSR count). The monoisotopic (exact) mass is 81.0 g/mol. The van der Waals surface area contributed by atoms with E-state index in [0.717, 1.165) is 0 Å². The summed E-state index contributed by atoms with van der Waals surface area (Å²) < 4.78 is 20.9. The molecule has 0 unspecified atom stereocenters. The van der Waals surface area contributed by atoms with Crippen LogP contribution in [0.25, 0.3) is 0 Å². The van der Waals surface area contributed by atoms with E-state index in [4.69, 9.17) is 5.11 Å². The van der Waals surface area contributed by atoms with Gasteiger partial charge in [-0.1, -0.05) is 0 Å². The summed E-state index contributed by atoms with van der Waals surface area (Å²) in [5, 5.41) is 7.08. The molecule has 0 heterocycles. The van der Waals surface area contributed by atoms with Gasteiger partial charge in [0, 0.05) is 0 Å². The number of aliphatic hydroxyl groups is 1. The molecule has 5 heavy (non-hydrogen) atoms. The van der Waals surface area contributed by atoms with Crippen molar-refractivity contribution < 1.29 is 13.9 Å². The van der Waals surface area contributed by atoms with Crippen molar-refractivity contribution in [3.05, 3.63) is 6.92 Å². The highest BCUT2D eigenvalue weighted by molar-refractivity contribution is 4.44. The van der Waals surface area contributed by atoms with Crippen molar-refractivity contribution in [1.82, 2.24) is 0 Å². The molecular formula is C2H3F2O+. The van der Waals surface area contributed by atoms with E-state index in [2.05, 4.69) is 0 Å². The lowest BCUT2D eigenvalue weighted by molar-refractivity contribution is -0.157. The molecule has 0 saturated heterocycles. The molecule has 0 atom stereocenters. The summed E-state index contributed by atoms with van der Waals surface area (Å²) in [6.45, 7) is 1.99. The second kappa shape index (κ2) is 0.825. The molecule has 0 amide bonds. The molecule has 3 heteroatoms. The predicted molar refractivity (Wildman–Crippen MR) is 12.5 cm³/mol. The van der Waals surface area contributed by atoms with Crippen LogP contribution in [0.15, 0.2) is 0 Å². The average Bonchev–Trinajstić information content (AvgIpc) is 0.722. The highest BCUT2D eigenvalue weighted by Crippen LogP contribution is 2.01.